The van der Waals surface area contributed by atoms with Gasteiger partial charge in [-0.25, -0.2) is 4.98 Å². The van der Waals surface area contributed by atoms with E-state index in [-0.39, 0.29) is 28.2 Å². The lowest BCUT2D eigenvalue weighted by molar-refractivity contribution is -0.393. The number of nitrogens with zero attached hydrogens (tertiary/aromatic N) is 5. The van der Waals surface area contributed by atoms with Gasteiger partial charge in [0.2, 0.25) is 0 Å². The summed E-state index contributed by atoms with van der Waals surface area (Å²) in [6, 6.07) is 1.20. The van der Waals surface area contributed by atoms with Crippen LogP contribution in [-0.2, 0) is 13.2 Å². The Kier molecular flexibility index (Phi) is 5.65. The summed E-state index contributed by atoms with van der Waals surface area (Å²) in [5.41, 5.74) is -0.367. The Hall–Kier alpha value is -3.01. The number of anilines is 1. The van der Waals surface area contributed by atoms with E-state index in [1.807, 2.05) is 4.57 Å². The number of hydrogen-bond donors (Lipinski definition) is 1. The molecule has 0 unspecified atom stereocenters. The van der Waals surface area contributed by atoms with Gasteiger partial charge in [0.05, 0.1) is 22.8 Å². The fourth-order valence-electron chi connectivity index (χ4n) is 2.72. The number of aromatic nitrogens is 2. The van der Waals surface area contributed by atoms with Crippen LogP contribution in [0, 0.1) is 27.2 Å². The standard InChI is InChI=1S/C15H19N5O5/c1-11-12(9-21)8-13(19(22)23)15(14(11)20(24)25)17(2)5-3-6-18-7-4-16-10-18/h4,7-8,10,21H,3,5-6,9H2,1-2H3. The van der Waals surface area contributed by atoms with Crippen LogP contribution in [0.1, 0.15) is 17.5 Å². The van der Waals surface area contributed by atoms with Gasteiger partial charge >= 0.3 is 5.69 Å². The minimum Gasteiger partial charge on any atom is -0.392 e. The van der Waals surface area contributed by atoms with E-state index < -0.39 is 16.5 Å². The van der Waals surface area contributed by atoms with E-state index in [0.717, 1.165) is 0 Å². The minimum atomic E-state index is -0.659. The summed E-state index contributed by atoms with van der Waals surface area (Å²) in [6.07, 6.45) is 5.73. The van der Waals surface area contributed by atoms with Crippen molar-refractivity contribution in [2.24, 2.45) is 0 Å². The van der Waals surface area contributed by atoms with Crippen molar-refractivity contribution in [1.29, 1.82) is 0 Å². The van der Waals surface area contributed by atoms with E-state index >= 15 is 0 Å². The Morgan fingerprint density at radius 1 is 1.32 bits per heavy atom. The van der Waals surface area contributed by atoms with Gasteiger partial charge in [-0.3, -0.25) is 20.2 Å². The summed E-state index contributed by atoms with van der Waals surface area (Å²) in [6.45, 7) is 2.01. The van der Waals surface area contributed by atoms with Crippen LogP contribution in [-0.4, -0.2) is 38.1 Å². The minimum absolute atomic E-state index is 0.0460. The molecule has 0 aliphatic rings. The van der Waals surface area contributed by atoms with Gasteiger partial charge in [-0.2, -0.15) is 0 Å². The molecular formula is C15H19N5O5. The number of aryl methyl sites for hydroxylation is 1. The molecule has 0 radical (unpaired) electrons. The summed E-state index contributed by atoms with van der Waals surface area (Å²) in [4.78, 5) is 27.1. The van der Waals surface area contributed by atoms with Crippen LogP contribution in [0.5, 0.6) is 0 Å². The predicted octanol–water partition coefficient (Wildman–Crippen LogP) is 2.03. The SMILES string of the molecule is Cc1c(CO)cc([N+](=O)[O-])c(N(C)CCCn2ccnc2)c1[N+](=O)[O-]. The van der Waals surface area contributed by atoms with Crippen molar-refractivity contribution in [3.05, 3.63) is 56.1 Å². The summed E-state index contributed by atoms with van der Waals surface area (Å²) < 4.78 is 1.86. The first-order valence-corrected chi connectivity index (χ1v) is 7.59. The number of aliphatic hydroxyl groups excluding tert-OH is 1. The van der Waals surface area contributed by atoms with Crippen LogP contribution in [0.4, 0.5) is 17.1 Å². The number of nitro benzene ring substituents is 2. The highest BCUT2D eigenvalue weighted by molar-refractivity contribution is 5.78. The van der Waals surface area contributed by atoms with Crippen molar-refractivity contribution in [1.82, 2.24) is 9.55 Å². The molecule has 0 bridgehead atoms. The maximum atomic E-state index is 11.5. The molecule has 0 fully saturated rings. The predicted molar refractivity (Wildman–Crippen MR) is 90.5 cm³/mol. The summed E-state index contributed by atoms with van der Waals surface area (Å²) in [5.74, 6) is 0. The van der Waals surface area contributed by atoms with Crippen molar-refractivity contribution in [2.45, 2.75) is 26.5 Å². The first-order valence-electron chi connectivity index (χ1n) is 7.59. The Morgan fingerprint density at radius 3 is 2.56 bits per heavy atom. The molecule has 1 heterocycles. The van der Waals surface area contributed by atoms with Crippen molar-refractivity contribution in [3.8, 4) is 0 Å². The van der Waals surface area contributed by atoms with E-state index in [0.29, 0.717) is 19.5 Å². The van der Waals surface area contributed by atoms with Gasteiger partial charge in [0.25, 0.3) is 5.69 Å². The van der Waals surface area contributed by atoms with Gasteiger partial charge in [-0.15, -0.1) is 0 Å². The molecule has 134 valence electrons. The molecule has 0 aliphatic heterocycles. The van der Waals surface area contributed by atoms with Crippen LogP contribution in [0.3, 0.4) is 0 Å². The molecule has 1 N–H and O–H groups in total. The number of aliphatic hydroxyl groups is 1. The lowest BCUT2D eigenvalue weighted by atomic mass is 10.0. The van der Waals surface area contributed by atoms with Gasteiger partial charge < -0.3 is 14.6 Å². The zero-order valence-electron chi connectivity index (χ0n) is 14.0. The second kappa shape index (κ2) is 7.71. The molecule has 1 aromatic carbocycles. The Bertz CT molecular complexity index is 775. The van der Waals surface area contributed by atoms with E-state index in [2.05, 4.69) is 4.98 Å². The maximum Gasteiger partial charge on any atom is 0.302 e. The smallest absolute Gasteiger partial charge is 0.302 e. The molecule has 1 aromatic heterocycles. The molecule has 10 heteroatoms. The average Bonchev–Trinajstić information content (AvgIpc) is 3.06. The summed E-state index contributed by atoms with van der Waals surface area (Å²) >= 11 is 0. The number of rotatable bonds is 8. The molecule has 0 saturated carbocycles. The van der Waals surface area contributed by atoms with Gasteiger partial charge in [-0.05, 0) is 18.9 Å². The van der Waals surface area contributed by atoms with Crippen molar-refractivity contribution >= 4 is 17.1 Å². The highest BCUT2D eigenvalue weighted by Gasteiger charge is 2.32. The molecule has 0 amide bonds. The van der Waals surface area contributed by atoms with Crippen LogP contribution in [0.2, 0.25) is 0 Å². The summed E-state index contributed by atoms with van der Waals surface area (Å²) in [7, 11) is 1.58. The first-order chi connectivity index (χ1) is 11.9. The maximum absolute atomic E-state index is 11.5. The molecule has 0 atom stereocenters. The van der Waals surface area contributed by atoms with E-state index in [1.165, 1.54) is 17.9 Å². The topological polar surface area (TPSA) is 128 Å². The normalized spacial score (nSPS) is 10.7. The number of benzene rings is 1. The Morgan fingerprint density at radius 2 is 2.04 bits per heavy atom. The van der Waals surface area contributed by atoms with Crippen LogP contribution >= 0.6 is 0 Å². The monoisotopic (exact) mass is 349 g/mol. The molecule has 2 aromatic rings. The Labute approximate surface area is 143 Å². The lowest BCUT2D eigenvalue weighted by Gasteiger charge is -2.20. The second-order valence-electron chi connectivity index (χ2n) is 5.62. The van der Waals surface area contributed by atoms with Crippen LogP contribution in [0.25, 0.3) is 0 Å². The van der Waals surface area contributed by atoms with E-state index in [1.54, 1.807) is 25.8 Å². The van der Waals surface area contributed by atoms with Crippen molar-refractivity contribution in [3.63, 3.8) is 0 Å². The molecule has 0 aliphatic carbocycles. The van der Waals surface area contributed by atoms with Gasteiger partial charge in [0.1, 0.15) is 0 Å². The number of hydrogen-bond acceptors (Lipinski definition) is 7. The molecule has 0 spiro atoms. The van der Waals surface area contributed by atoms with E-state index in [9.17, 15) is 25.3 Å². The third kappa shape index (κ3) is 3.91. The van der Waals surface area contributed by atoms with Gasteiger partial charge in [-0.1, -0.05) is 0 Å². The first kappa shape index (κ1) is 18.3. The van der Waals surface area contributed by atoms with Crippen LogP contribution < -0.4 is 4.90 Å². The fraction of sp³-hybridized carbons (Fsp3) is 0.400. The van der Waals surface area contributed by atoms with Crippen molar-refractivity contribution < 1.29 is 15.0 Å². The quantitative estimate of drug-likeness (QED) is 0.570. The fourth-order valence-corrected chi connectivity index (χ4v) is 2.72. The average molecular weight is 349 g/mol. The number of nitro groups is 2. The zero-order valence-corrected chi connectivity index (χ0v) is 14.0. The van der Waals surface area contributed by atoms with Gasteiger partial charge in [0, 0.05) is 44.2 Å². The second-order valence-corrected chi connectivity index (χ2v) is 5.62. The van der Waals surface area contributed by atoms with Gasteiger partial charge in [0.15, 0.2) is 5.69 Å². The van der Waals surface area contributed by atoms with E-state index in [4.69, 9.17) is 0 Å². The third-order valence-corrected chi connectivity index (χ3v) is 4.02. The number of imidazole rings is 1. The zero-order chi connectivity index (χ0) is 18.6. The molecule has 25 heavy (non-hydrogen) atoms. The summed E-state index contributed by atoms with van der Waals surface area (Å²) in [5, 5.41) is 32.3. The third-order valence-electron chi connectivity index (χ3n) is 4.02. The molecular weight excluding hydrogens is 330 g/mol. The highest BCUT2D eigenvalue weighted by Crippen LogP contribution is 2.41. The Balaban J connectivity index is 2.37. The van der Waals surface area contributed by atoms with Crippen LogP contribution in [0.15, 0.2) is 24.8 Å². The largest absolute Gasteiger partial charge is 0.392 e. The van der Waals surface area contributed by atoms with Crippen molar-refractivity contribution in [2.75, 3.05) is 18.5 Å². The highest BCUT2D eigenvalue weighted by atomic mass is 16.6. The lowest BCUT2D eigenvalue weighted by Crippen LogP contribution is -2.22. The molecule has 10 nitrogen and oxygen atoms in total. The molecule has 0 saturated heterocycles. The molecule has 2 rings (SSSR count).